The fraction of sp³-hybridized carbons (Fsp3) is 0.208. The fourth-order valence-electron chi connectivity index (χ4n) is 3.20. The monoisotopic (exact) mass is 325 g/mol. The summed E-state index contributed by atoms with van der Waals surface area (Å²) in [6.45, 7) is 2.23. The SMILES string of the molecule is CCCCCc1cccc(-c2cc(C#N)ccc2-c2ccccc2)c1. The predicted molar refractivity (Wildman–Crippen MR) is 105 cm³/mol. The zero-order chi connectivity index (χ0) is 17.5. The normalized spacial score (nSPS) is 10.4. The van der Waals surface area contributed by atoms with Crippen molar-refractivity contribution in [1.29, 1.82) is 5.26 Å². The van der Waals surface area contributed by atoms with E-state index >= 15 is 0 Å². The van der Waals surface area contributed by atoms with Gasteiger partial charge in [-0.1, -0.05) is 80.4 Å². The van der Waals surface area contributed by atoms with E-state index in [1.807, 2.05) is 18.2 Å². The molecular weight excluding hydrogens is 302 g/mol. The molecule has 0 radical (unpaired) electrons. The lowest BCUT2D eigenvalue weighted by Gasteiger charge is -2.12. The van der Waals surface area contributed by atoms with Crippen molar-refractivity contribution in [1.82, 2.24) is 0 Å². The Hall–Kier alpha value is -2.85. The van der Waals surface area contributed by atoms with E-state index in [4.69, 9.17) is 0 Å². The lowest BCUT2D eigenvalue weighted by atomic mass is 9.91. The third kappa shape index (κ3) is 4.17. The van der Waals surface area contributed by atoms with Gasteiger partial charge in [0.05, 0.1) is 11.6 Å². The molecule has 3 rings (SSSR count). The molecule has 0 atom stereocenters. The highest BCUT2D eigenvalue weighted by Gasteiger charge is 2.09. The van der Waals surface area contributed by atoms with Crippen LogP contribution >= 0.6 is 0 Å². The number of nitriles is 1. The standard InChI is InChI=1S/C24H23N/c1-2-3-5-9-19-10-8-13-22(16-19)24-17-20(18-25)14-15-23(24)21-11-6-4-7-12-21/h4,6-8,10-17H,2-3,5,9H2,1H3. The maximum atomic E-state index is 9.32. The van der Waals surface area contributed by atoms with Gasteiger partial charge in [0.2, 0.25) is 0 Å². The third-order valence-corrected chi connectivity index (χ3v) is 4.54. The highest BCUT2D eigenvalue weighted by atomic mass is 14.2. The molecule has 0 saturated heterocycles. The average Bonchev–Trinajstić information content (AvgIpc) is 2.68. The second-order valence-corrected chi connectivity index (χ2v) is 6.40. The van der Waals surface area contributed by atoms with Gasteiger partial charge in [-0.25, -0.2) is 0 Å². The molecule has 25 heavy (non-hydrogen) atoms. The Morgan fingerprint density at radius 2 is 1.56 bits per heavy atom. The number of aryl methyl sites for hydroxylation is 1. The van der Waals surface area contributed by atoms with Crippen LogP contribution in [0.2, 0.25) is 0 Å². The molecular formula is C24H23N. The number of nitrogens with zero attached hydrogens (tertiary/aromatic N) is 1. The Balaban J connectivity index is 2.04. The van der Waals surface area contributed by atoms with Crippen molar-refractivity contribution in [3.8, 4) is 28.3 Å². The fourth-order valence-corrected chi connectivity index (χ4v) is 3.20. The Labute approximate surface area is 150 Å². The van der Waals surface area contributed by atoms with E-state index in [0.29, 0.717) is 5.56 Å². The van der Waals surface area contributed by atoms with Crippen LogP contribution < -0.4 is 0 Å². The molecule has 3 aromatic rings. The molecule has 0 aliphatic heterocycles. The molecule has 0 unspecified atom stereocenters. The van der Waals surface area contributed by atoms with Crippen molar-refractivity contribution >= 4 is 0 Å². The van der Waals surface area contributed by atoms with Gasteiger partial charge >= 0.3 is 0 Å². The van der Waals surface area contributed by atoms with Gasteiger partial charge in [0.25, 0.3) is 0 Å². The molecule has 0 bridgehead atoms. The van der Waals surface area contributed by atoms with Crippen LogP contribution in [0.25, 0.3) is 22.3 Å². The summed E-state index contributed by atoms with van der Waals surface area (Å²) < 4.78 is 0. The molecule has 0 aliphatic rings. The summed E-state index contributed by atoms with van der Waals surface area (Å²) in [5.74, 6) is 0. The highest BCUT2D eigenvalue weighted by Crippen LogP contribution is 2.33. The second kappa shape index (κ2) is 8.31. The average molecular weight is 325 g/mol. The Kier molecular flexibility index (Phi) is 5.65. The zero-order valence-corrected chi connectivity index (χ0v) is 14.7. The minimum atomic E-state index is 0.700. The van der Waals surface area contributed by atoms with E-state index in [1.54, 1.807) is 0 Å². The van der Waals surface area contributed by atoms with E-state index in [2.05, 4.69) is 67.6 Å². The number of hydrogen-bond acceptors (Lipinski definition) is 1. The summed E-state index contributed by atoms with van der Waals surface area (Å²) in [4.78, 5) is 0. The lowest BCUT2D eigenvalue weighted by Crippen LogP contribution is -1.90. The van der Waals surface area contributed by atoms with Crippen molar-refractivity contribution in [2.75, 3.05) is 0 Å². The summed E-state index contributed by atoms with van der Waals surface area (Å²) in [6, 6.07) is 27.4. The van der Waals surface area contributed by atoms with Crippen LogP contribution in [0.15, 0.2) is 72.8 Å². The summed E-state index contributed by atoms with van der Waals surface area (Å²) in [5.41, 5.74) is 6.73. The van der Waals surface area contributed by atoms with E-state index in [1.165, 1.54) is 41.5 Å². The Morgan fingerprint density at radius 3 is 2.32 bits per heavy atom. The molecule has 1 nitrogen and oxygen atoms in total. The quantitative estimate of drug-likeness (QED) is 0.467. The van der Waals surface area contributed by atoms with Gasteiger partial charge in [0, 0.05) is 0 Å². The molecule has 0 heterocycles. The van der Waals surface area contributed by atoms with Crippen molar-refractivity contribution < 1.29 is 0 Å². The van der Waals surface area contributed by atoms with Gasteiger partial charge in [0.15, 0.2) is 0 Å². The highest BCUT2D eigenvalue weighted by molar-refractivity contribution is 5.84. The minimum absolute atomic E-state index is 0.700. The van der Waals surface area contributed by atoms with Gasteiger partial charge in [-0.05, 0) is 52.8 Å². The van der Waals surface area contributed by atoms with Crippen LogP contribution in [0.4, 0.5) is 0 Å². The minimum Gasteiger partial charge on any atom is -0.192 e. The van der Waals surface area contributed by atoms with Crippen molar-refractivity contribution in [2.24, 2.45) is 0 Å². The molecule has 124 valence electrons. The van der Waals surface area contributed by atoms with Crippen molar-refractivity contribution in [2.45, 2.75) is 32.6 Å². The first-order chi connectivity index (χ1) is 12.3. The number of rotatable bonds is 6. The number of unbranched alkanes of at least 4 members (excludes halogenated alkanes) is 2. The first-order valence-electron chi connectivity index (χ1n) is 9.00. The van der Waals surface area contributed by atoms with Gasteiger partial charge in [-0.2, -0.15) is 5.26 Å². The van der Waals surface area contributed by atoms with Gasteiger partial charge < -0.3 is 0 Å². The summed E-state index contributed by atoms with van der Waals surface area (Å²) in [7, 11) is 0. The number of hydrogen-bond donors (Lipinski definition) is 0. The second-order valence-electron chi connectivity index (χ2n) is 6.40. The van der Waals surface area contributed by atoms with Gasteiger partial charge in [-0.15, -0.1) is 0 Å². The first-order valence-corrected chi connectivity index (χ1v) is 9.00. The largest absolute Gasteiger partial charge is 0.192 e. The van der Waals surface area contributed by atoms with Crippen molar-refractivity contribution in [3.05, 3.63) is 83.9 Å². The zero-order valence-electron chi connectivity index (χ0n) is 14.7. The molecule has 0 N–H and O–H groups in total. The van der Waals surface area contributed by atoms with Gasteiger partial charge in [0.1, 0.15) is 0 Å². The maximum Gasteiger partial charge on any atom is 0.0991 e. The van der Waals surface area contributed by atoms with E-state index < -0.39 is 0 Å². The maximum absolute atomic E-state index is 9.32. The van der Waals surface area contributed by atoms with E-state index in [-0.39, 0.29) is 0 Å². The van der Waals surface area contributed by atoms with Crippen molar-refractivity contribution in [3.63, 3.8) is 0 Å². The third-order valence-electron chi connectivity index (χ3n) is 4.54. The molecule has 0 saturated carbocycles. The van der Waals surface area contributed by atoms with Crippen LogP contribution in [0.1, 0.15) is 37.3 Å². The van der Waals surface area contributed by atoms with Crippen LogP contribution in [0, 0.1) is 11.3 Å². The molecule has 0 aromatic heterocycles. The molecule has 0 fully saturated rings. The Morgan fingerprint density at radius 1 is 0.760 bits per heavy atom. The first kappa shape index (κ1) is 17.0. The smallest absolute Gasteiger partial charge is 0.0991 e. The predicted octanol–water partition coefficient (Wildman–Crippen LogP) is 6.62. The van der Waals surface area contributed by atoms with Gasteiger partial charge in [-0.3, -0.25) is 0 Å². The summed E-state index contributed by atoms with van der Waals surface area (Å²) in [5, 5.41) is 9.32. The molecule has 0 aliphatic carbocycles. The topological polar surface area (TPSA) is 23.8 Å². The van der Waals surface area contributed by atoms with E-state index in [0.717, 1.165) is 12.0 Å². The summed E-state index contributed by atoms with van der Waals surface area (Å²) >= 11 is 0. The molecule has 0 spiro atoms. The number of benzene rings is 3. The van der Waals surface area contributed by atoms with Crippen LogP contribution in [0.5, 0.6) is 0 Å². The Bertz CT molecular complexity index is 872. The molecule has 3 aromatic carbocycles. The molecule has 1 heteroatoms. The van der Waals surface area contributed by atoms with Crippen LogP contribution in [0.3, 0.4) is 0 Å². The van der Waals surface area contributed by atoms with Crippen LogP contribution in [-0.4, -0.2) is 0 Å². The summed E-state index contributed by atoms with van der Waals surface area (Å²) in [6.07, 6.45) is 4.84. The van der Waals surface area contributed by atoms with Crippen LogP contribution in [-0.2, 0) is 6.42 Å². The lowest BCUT2D eigenvalue weighted by molar-refractivity contribution is 0.717. The molecule has 0 amide bonds. The van der Waals surface area contributed by atoms with E-state index in [9.17, 15) is 5.26 Å².